The van der Waals surface area contributed by atoms with Crippen LogP contribution in [0.1, 0.15) is 13.8 Å². The van der Waals surface area contributed by atoms with Crippen molar-refractivity contribution in [1.82, 2.24) is 4.72 Å². The molecule has 0 unspecified atom stereocenters. The summed E-state index contributed by atoms with van der Waals surface area (Å²) in [5.41, 5.74) is 5.11. The molecule has 0 radical (unpaired) electrons. The van der Waals surface area contributed by atoms with Crippen molar-refractivity contribution in [2.75, 3.05) is 30.9 Å². The monoisotopic (exact) mass is 272 g/mol. The smallest absolute Gasteiger partial charge is 0.212 e. The van der Waals surface area contributed by atoms with Gasteiger partial charge in [-0.15, -0.1) is 0 Å². The van der Waals surface area contributed by atoms with Crippen LogP contribution in [-0.2, 0) is 19.9 Å². The van der Waals surface area contributed by atoms with Crippen LogP contribution in [-0.4, -0.2) is 47.7 Å². The minimum atomic E-state index is -3.54. The lowest BCUT2D eigenvalue weighted by Gasteiger charge is -2.22. The first-order chi connectivity index (χ1) is 6.97. The Kier molecular flexibility index (Phi) is 5.37. The maximum absolute atomic E-state index is 11.4. The van der Waals surface area contributed by atoms with Gasteiger partial charge in [0.15, 0.2) is 0 Å². The standard InChI is InChI=1S/C8H20N2O4S2/c1-8(2,6-9)7-10-16(13,14)5-4-15(3,11)12/h10H,4-7,9H2,1-3H3. The van der Waals surface area contributed by atoms with Crippen molar-refractivity contribution in [2.45, 2.75) is 13.8 Å². The van der Waals surface area contributed by atoms with Gasteiger partial charge >= 0.3 is 0 Å². The van der Waals surface area contributed by atoms with Gasteiger partial charge in [0.2, 0.25) is 10.0 Å². The molecular weight excluding hydrogens is 252 g/mol. The van der Waals surface area contributed by atoms with E-state index >= 15 is 0 Å². The number of nitrogens with one attached hydrogen (secondary N) is 1. The van der Waals surface area contributed by atoms with E-state index in [-0.39, 0.29) is 17.7 Å². The van der Waals surface area contributed by atoms with Crippen LogP contribution < -0.4 is 10.5 Å². The summed E-state index contributed by atoms with van der Waals surface area (Å²) in [6.45, 7) is 4.20. The molecule has 0 aliphatic heterocycles. The predicted octanol–water partition coefficient (Wildman–Crippen LogP) is -1.06. The molecule has 0 fully saturated rings. The number of nitrogens with two attached hydrogens (primary N) is 1. The molecule has 0 spiro atoms. The summed E-state index contributed by atoms with van der Waals surface area (Å²) in [4.78, 5) is 0. The fourth-order valence-corrected chi connectivity index (χ4v) is 3.55. The Hall–Kier alpha value is -0.180. The molecule has 0 aliphatic carbocycles. The van der Waals surface area contributed by atoms with Crippen LogP contribution in [0.15, 0.2) is 0 Å². The average Bonchev–Trinajstić information content (AvgIpc) is 2.12. The van der Waals surface area contributed by atoms with E-state index in [1.807, 2.05) is 13.8 Å². The maximum atomic E-state index is 11.4. The molecule has 0 rings (SSSR count). The molecule has 3 N–H and O–H groups in total. The third kappa shape index (κ3) is 8.03. The van der Waals surface area contributed by atoms with Crippen molar-refractivity contribution in [1.29, 1.82) is 0 Å². The zero-order chi connectivity index (χ0) is 13.0. The molecule has 0 saturated heterocycles. The zero-order valence-electron chi connectivity index (χ0n) is 9.86. The summed E-state index contributed by atoms with van der Waals surface area (Å²) in [5, 5.41) is 0. The molecule has 0 atom stereocenters. The molecule has 0 aromatic carbocycles. The van der Waals surface area contributed by atoms with E-state index in [0.29, 0.717) is 6.54 Å². The first-order valence-electron chi connectivity index (χ1n) is 4.83. The predicted molar refractivity (Wildman–Crippen MR) is 64.3 cm³/mol. The van der Waals surface area contributed by atoms with E-state index in [1.54, 1.807) is 0 Å². The Morgan fingerprint density at radius 2 is 1.62 bits per heavy atom. The number of hydrogen-bond acceptors (Lipinski definition) is 5. The molecule has 6 nitrogen and oxygen atoms in total. The fourth-order valence-electron chi connectivity index (χ4n) is 0.711. The van der Waals surface area contributed by atoms with Gasteiger partial charge in [-0.2, -0.15) is 0 Å². The highest BCUT2D eigenvalue weighted by atomic mass is 32.2. The third-order valence-corrected chi connectivity index (χ3v) is 4.58. The van der Waals surface area contributed by atoms with Gasteiger partial charge in [0.1, 0.15) is 9.84 Å². The molecule has 0 saturated carbocycles. The van der Waals surface area contributed by atoms with Crippen LogP contribution in [0.3, 0.4) is 0 Å². The second kappa shape index (κ2) is 5.44. The minimum Gasteiger partial charge on any atom is -0.330 e. The van der Waals surface area contributed by atoms with Gasteiger partial charge in [-0.05, 0) is 12.0 Å². The van der Waals surface area contributed by atoms with Gasteiger partial charge in [0.25, 0.3) is 0 Å². The van der Waals surface area contributed by atoms with Crippen LogP contribution in [0.2, 0.25) is 0 Å². The summed E-state index contributed by atoms with van der Waals surface area (Å²) in [6, 6.07) is 0. The van der Waals surface area contributed by atoms with Crippen LogP contribution in [0, 0.1) is 5.41 Å². The molecule has 98 valence electrons. The van der Waals surface area contributed by atoms with Crippen molar-refractivity contribution in [3.63, 3.8) is 0 Å². The molecule has 0 amide bonds. The topological polar surface area (TPSA) is 106 Å². The second-order valence-electron chi connectivity index (χ2n) is 4.64. The van der Waals surface area contributed by atoms with E-state index in [9.17, 15) is 16.8 Å². The van der Waals surface area contributed by atoms with Crippen LogP contribution in [0.4, 0.5) is 0 Å². The summed E-state index contributed by atoms with van der Waals surface area (Å²) in [6.07, 6.45) is 1.01. The van der Waals surface area contributed by atoms with Gasteiger partial charge in [-0.25, -0.2) is 21.6 Å². The normalized spacial score (nSPS) is 14.0. The number of sulfonamides is 1. The summed E-state index contributed by atoms with van der Waals surface area (Å²) >= 11 is 0. The number of rotatable bonds is 7. The van der Waals surface area contributed by atoms with E-state index in [4.69, 9.17) is 5.73 Å². The lowest BCUT2D eigenvalue weighted by Crippen LogP contribution is -2.40. The fraction of sp³-hybridized carbons (Fsp3) is 1.00. The summed E-state index contributed by atoms with van der Waals surface area (Å²) in [7, 11) is -6.80. The highest BCUT2D eigenvalue weighted by Crippen LogP contribution is 2.10. The Bertz CT molecular complexity index is 411. The Morgan fingerprint density at radius 3 is 2.00 bits per heavy atom. The number of sulfone groups is 1. The Labute approximate surface area is 97.6 Å². The van der Waals surface area contributed by atoms with Gasteiger partial charge in [-0.3, -0.25) is 0 Å². The van der Waals surface area contributed by atoms with Gasteiger partial charge in [0.05, 0.1) is 11.5 Å². The van der Waals surface area contributed by atoms with E-state index < -0.39 is 25.6 Å². The first-order valence-corrected chi connectivity index (χ1v) is 8.54. The van der Waals surface area contributed by atoms with Crippen molar-refractivity contribution in [2.24, 2.45) is 11.1 Å². The van der Waals surface area contributed by atoms with Crippen LogP contribution in [0.25, 0.3) is 0 Å². The van der Waals surface area contributed by atoms with Crippen molar-refractivity contribution in [3.05, 3.63) is 0 Å². The zero-order valence-corrected chi connectivity index (χ0v) is 11.5. The van der Waals surface area contributed by atoms with E-state index in [0.717, 1.165) is 6.26 Å². The van der Waals surface area contributed by atoms with Gasteiger partial charge in [0, 0.05) is 12.8 Å². The van der Waals surface area contributed by atoms with E-state index in [1.165, 1.54) is 0 Å². The van der Waals surface area contributed by atoms with E-state index in [2.05, 4.69) is 4.72 Å². The maximum Gasteiger partial charge on any atom is 0.212 e. The van der Waals surface area contributed by atoms with Crippen LogP contribution in [0.5, 0.6) is 0 Å². The first kappa shape index (κ1) is 15.8. The Morgan fingerprint density at radius 1 is 1.12 bits per heavy atom. The molecule has 0 bridgehead atoms. The SMILES string of the molecule is CC(C)(CN)CNS(=O)(=O)CCS(C)(=O)=O. The Balaban J connectivity index is 4.28. The highest BCUT2D eigenvalue weighted by Gasteiger charge is 2.20. The lowest BCUT2D eigenvalue weighted by molar-refractivity contribution is 0.376. The molecule has 0 heterocycles. The minimum absolute atomic E-state index is 0.204. The molecule has 0 aromatic heterocycles. The average molecular weight is 272 g/mol. The van der Waals surface area contributed by atoms with Crippen molar-refractivity contribution in [3.8, 4) is 0 Å². The molecular formula is C8H20N2O4S2. The second-order valence-corrected chi connectivity index (χ2v) is 8.82. The summed E-state index contributed by atoms with van der Waals surface area (Å²) in [5.74, 6) is -0.780. The summed E-state index contributed by atoms with van der Waals surface area (Å²) < 4.78 is 46.8. The highest BCUT2D eigenvalue weighted by molar-refractivity contribution is 7.93. The van der Waals surface area contributed by atoms with Crippen LogP contribution >= 0.6 is 0 Å². The quantitative estimate of drug-likeness (QED) is 0.614. The van der Waals surface area contributed by atoms with Gasteiger partial charge < -0.3 is 5.73 Å². The molecule has 0 aliphatic rings. The molecule has 16 heavy (non-hydrogen) atoms. The molecule has 0 aromatic rings. The largest absolute Gasteiger partial charge is 0.330 e. The third-order valence-electron chi connectivity index (χ3n) is 2.05. The van der Waals surface area contributed by atoms with Crippen molar-refractivity contribution >= 4 is 19.9 Å². The molecule has 8 heteroatoms. The van der Waals surface area contributed by atoms with Gasteiger partial charge in [-0.1, -0.05) is 13.8 Å². The number of hydrogen-bond donors (Lipinski definition) is 2. The van der Waals surface area contributed by atoms with Crippen molar-refractivity contribution < 1.29 is 16.8 Å². The lowest BCUT2D eigenvalue weighted by atomic mass is 9.95.